The van der Waals surface area contributed by atoms with Crippen molar-refractivity contribution in [3.8, 4) is 5.75 Å². The number of nitrogens with one attached hydrogen (secondary N) is 1. The van der Waals surface area contributed by atoms with Crippen molar-refractivity contribution >= 4 is 15.9 Å². The van der Waals surface area contributed by atoms with Gasteiger partial charge in [-0.3, -0.25) is 0 Å². The predicted octanol–water partition coefficient (Wildman–Crippen LogP) is 4.56. The van der Waals surface area contributed by atoms with Crippen molar-refractivity contribution in [1.29, 1.82) is 0 Å². The molecule has 1 aliphatic rings. The Balaban J connectivity index is 2.10. The molecule has 0 amide bonds. The molecular weight excluding hydrogens is 314 g/mol. The monoisotopic (exact) mass is 339 g/mol. The van der Waals surface area contributed by atoms with Crippen LogP contribution < -0.4 is 10.1 Å². The Labute approximate surface area is 131 Å². The summed E-state index contributed by atoms with van der Waals surface area (Å²) in [6.07, 6.45) is 6.22. The van der Waals surface area contributed by atoms with Crippen LogP contribution in [0.1, 0.15) is 45.1 Å². The molecule has 0 aliphatic heterocycles. The zero-order valence-corrected chi connectivity index (χ0v) is 14.4. The lowest BCUT2D eigenvalue weighted by atomic mass is 9.79. The van der Waals surface area contributed by atoms with E-state index in [1.54, 1.807) is 7.11 Å². The van der Waals surface area contributed by atoms with Crippen LogP contribution in [0.25, 0.3) is 0 Å². The third kappa shape index (κ3) is 4.49. The fraction of sp³-hybridized carbons (Fsp3) is 0.647. The molecule has 1 unspecified atom stereocenters. The minimum Gasteiger partial charge on any atom is -0.496 e. The van der Waals surface area contributed by atoms with Gasteiger partial charge in [-0.05, 0) is 54.9 Å². The van der Waals surface area contributed by atoms with Gasteiger partial charge in [0.05, 0.1) is 7.11 Å². The van der Waals surface area contributed by atoms with Crippen molar-refractivity contribution in [1.82, 2.24) is 5.32 Å². The number of hydrogen-bond donors (Lipinski definition) is 1. The molecule has 0 aromatic heterocycles. The lowest BCUT2D eigenvalue weighted by Crippen LogP contribution is -2.35. The molecule has 0 bridgehead atoms. The molecule has 20 heavy (non-hydrogen) atoms. The van der Waals surface area contributed by atoms with Crippen LogP contribution in [0, 0.1) is 5.41 Å². The quantitative estimate of drug-likeness (QED) is 0.749. The molecule has 1 atom stereocenters. The molecule has 2 nitrogen and oxygen atoms in total. The first kappa shape index (κ1) is 15.8. The lowest BCUT2D eigenvalue weighted by Gasteiger charge is -2.30. The molecule has 0 saturated heterocycles. The van der Waals surface area contributed by atoms with Crippen molar-refractivity contribution in [2.75, 3.05) is 13.7 Å². The summed E-state index contributed by atoms with van der Waals surface area (Å²) < 4.78 is 6.65. The number of benzene rings is 1. The first-order chi connectivity index (χ1) is 9.56. The molecule has 1 aliphatic carbocycles. The zero-order chi connectivity index (χ0) is 14.6. The Morgan fingerprint density at radius 1 is 1.40 bits per heavy atom. The van der Waals surface area contributed by atoms with E-state index in [0.29, 0.717) is 5.41 Å². The Hall–Kier alpha value is -0.540. The second kappa shape index (κ2) is 6.95. The molecule has 0 heterocycles. The van der Waals surface area contributed by atoms with Crippen molar-refractivity contribution < 1.29 is 4.74 Å². The number of rotatable bonds is 8. The van der Waals surface area contributed by atoms with Gasteiger partial charge in [0.2, 0.25) is 0 Å². The van der Waals surface area contributed by atoms with E-state index in [1.807, 2.05) is 6.07 Å². The molecule has 0 radical (unpaired) electrons. The van der Waals surface area contributed by atoms with Gasteiger partial charge >= 0.3 is 0 Å². The van der Waals surface area contributed by atoms with Crippen LogP contribution in [0.15, 0.2) is 22.7 Å². The Kier molecular flexibility index (Phi) is 5.50. The van der Waals surface area contributed by atoms with Gasteiger partial charge in [0.15, 0.2) is 0 Å². The first-order valence-corrected chi connectivity index (χ1v) is 8.41. The highest BCUT2D eigenvalue weighted by Gasteiger charge is 2.29. The van der Waals surface area contributed by atoms with Crippen LogP contribution in [0.4, 0.5) is 0 Å². The fourth-order valence-corrected chi connectivity index (χ4v) is 3.27. The van der Waals surface area contributed by atoms with Crippen molar-refractivity contribution in [2.24, 2.45) is 5.41 Å². The van der Waals surface area contributed by atoms with Gasteiger partial charge in [0.1, 0.15) is 5.75 Å². The van der Waals surface area contributed by atoms with Gasteiger partial charge in [-0.25, -0.2) is 0 Å². The topological polar surface area (TPSA) is 21.3 Å². The molecule has 3 heteroatoms. The van der Waals surface area contributed by atoms with Gasteiger partial charge in [-0.2, -0.15) is 0 Å². The predicted molar refractivity (Wildman–Crippen MR) is 88.4 cm³/mol. The summed E-state index contributed by atoms with van der Waals surface area (Å²) >= 11 is 3.57. The maximum atomic E-state index is 5.52. The van der Waals surface area contributed by atoms with Crippen LogP contribution in [-0.2, 0) is 6.42 Å². The van der Waals surface area contributed by atoms with Crippen LogP contribution >= 0.6 is 15.9 Å². The van der Waals surface area contributed by atoms with E-state index in [0.717, 1.165) is 29.2 Å². The van der Waals surface area contributed by atoms with Crippen molar-refractivity contribution in [2.45, 2.75) is 52.0 Å². The normalized spacial score (nSPS) is 17.8. The SMILES string of the molecule is CCCC(C)(CNC1CC1)Cc1cc(Br)ccc1OC. The van der Waals surface area contributed by atoms with Crippen LogP contribution in [0.5, 0.6) is 5.75 Å². The Morgan fingerprint density at radius 3 is 2.75 bits per heavy atom. The van der Waals surface area contributed by atoms with E-state index < -0.39 is 0 Å². The average molecular weight is 340 g/mol. The maximum Gasteiger partial charge on any atom is 0.122 e. The lowest BCUT2D eigenvalue weighted by molar-refractivity contribution is 0.270. The van der Waals surface area contributed by atoms with Gasteiger partial charge in [0, 0.05) is 17.1 Å². The summed E-state index contributed by atoms with van der Waals surface area (Å²) in [5, 5.41) is 3.70. The molecular formula is C17H26BrNO. The van der Waals surface area contributed by atoms with Gasteiger partial charge < -0.3 is 10.1 Å². The molecule has 1 saturated carbocycles. The van der Waals surface area contributed by atoms with E-state index in [1.165, 1.54) is 31.2 Å². The maximum absolute atomic E-state index is 5.52. The highest BCUT2D eigenvalue weighted by molar-refractivity contribution is 9.10. The third-order valence-electron chi connectivity index (χ3n) is 4.11. The molecule has 0 spiro atoms. The summed E-state index contributed by atoms with van der Waals surface area (Å²) in [4.78, 5) is 0. The van der Waals surface area contributed by atoms with Crippen LogP contribution in [0.2, 0.25) is 0 Å². The van der Waals surface area contributed by atoms with Gasteiger partial charge in [-0.1, -0.05) is 36.2 Å². The molecule has 1 N–H and O–H groups in total. The van der Waals surface area contributed by atoms with E-state index in [-0.39, 0.29) is 0 Å². The second-order valence-electron chi connectivity index (χ2n) is 6.35. The van der Waals surface area contributed by atoms with Crippen LogP contribution in [0.3, 0.4) is 0 Å². The Morgan fingerprint density at radius 2 is 2.15 bits per heavy atom. The van der Waals surface area contributed by atoms with Gasteiger partial charge in [-0.15, -0.1) is 0 Å². The minimum absolute atomic E-state index is 0.297. The zero-order valence-electron chi connectivity index (χ0n) is 12.8. The molecule has 112 valence electrons. The smallest absolute Gasteiger partial charge is 0.122 e. The van der Waals surface area contributed by atoms with E-state index >= 15 is 0 Å². The third-order valence-corrected chi connectivity index (χ3v) is 4.60. The molecule has 1 fully saturated rings. The highest BCUT2D eigenvalue weighted by Crippen LogP contribution is 2.34. The highest BCUT2D eigenvalue weighted by atomic mass is 79.9. The summed E-state index contributed by atoms with van der Waals surface area (Å²) in [7, 11) is 1.76. The summed E-state index contributed by atoms with van der Waals surface area (Å²) in [5.74, 6) is 1.00. The molecule has 2 rings (SSSR count). The Bertz CT molecular complexity index is 445. The number of ether oxygens (including phenoxy) is 1. The van der Waals surface area contributed by atoms with E-state index in [2.05, 4.69) is 47.2 Å². The van der Waals surface area contributed by atoms with Crippen molar-refractivity contribution in [3.05, 3.63) is 28.2 Å². The van der Waals surface area contributed by atoms with Crippen LogP contribution in [-0.4, -0.2) is 19.7 Å². The summed E-state index contributed by atoms with van der Waals surface area (Å²) in [6, 6.07) is 7.07. The van der Waals surface area contributed by atoms with E-state index in [9.17, 15) is 0 Å². The average Bonchev–Trinajstić information content (AvgIpc) is 3.21. The second-order valence-corrected chi connectivity index (χ2v) is 7.26. The standard InChI is InChI=1S/C17H26BrNO/c1-4-9-17(2,12-19-15-6-7-15)11-13-10-14(18)5-8-16(13)20-3/h5,8,10,15,19H,4,6-7,9,11-12H2,1-3H3. The molecule has 1 aromatic carbocycles. The first-order valence-electron chi connectivity index (χ1n) is 7.62. The molecule has 1 aromatic rings. The fourth-order valence-electron chi connectivity index (χ4n) is 2.87. The summed E-state index contributed by atoms with van der Waals surface area (Å²) in [6.45, 7) is 5.76. The number of hydrogen-bond acceptors (Lipinski definition) is 2. The van der Waals surface area contributed by atoms with Gasteiger partial charge in [0.25, 0.3) is 0 Å². The largest absolute Gasteiger partial charge is 0.496 e. The summed E-state index contributed by atoms with van der Waals surface area (Å²) in [5.41, 5.74) is 1.60. The minimum atomic E-state index is 0.297. The number of methoxy groups -OCH3 is 1. The van der Waals surface area contributed by atoms with E-state index in [4.69, 9.17) is 4.74 Å². The number of halogens is 1. The van der Waals surface area contributed by atoms with Crippen molar-refractivity contribution in [3.63, 3.8) is 0 Å².